The average molecular weight is 237 g/mol. The zero-order chi connectivity index (χ0) is 12.6. The fourth-order valence-corrected chi connectivity index (χ4v) is 1.93. The molecule has 0 radical (unpaired) electrons. The maximum absolute atomic E-state index is 12.1. The van der Waals surface area contributed by atoms with Crippen LogP contribution in [0.1, 0.15) is 15.9 Å². The SMILES string of the molecule is Cc1ccc(O)c(C(=O)N2CC(O)C(O)C2)c1. The number of carbonyl (C=O) groups is 1. The number of β-amino-alcohol motifs (C(OH)–C–C–N with tert-alkyl or cyclic N) is 2. The molecule has 2 unspecified atom stereocenters. The van der Waals surface area contributed by atoms with E-state index >= 15 is 0 Å². The Balaban J connectivity index is 2.23. The van der Waals surface area contributed by atoms with E-state index in [1.807, 2.05) is 6.92 Å². The number of carbonyl (C=O) groups excluding carboxylic acids is 1. The summed E-state index contributed by atoms with van der Waals surface area (Å²) in [6, 6.07) is 4.76. The van der Waals surface area contributed by atoms with Crippen molar-refractivity contribution in [1.82, 2.24) is 4.90 Å². The third-order valence-electron chi connectivity index (χ3n) is 2.93. The van der Waals surface area contributed by atoms with Gasteiger partial charge in [0.05, 0.1) is 17.8 Å². The first-order valence-electron chi connectivity index (χ1n) is 5.44. The van der Waals surface area contributed by atoms with Crippen molar-refractivity contribution < 1.29 is 20.1 Å². The molecule has 0 aliphatic carbocycles. The first kappa shape index (κ1) is 11.9. The summed E-state index contributed by atoms with van der Waals surface area (Å²) < 4.78 is 0. The highest BCUT2D eigenvalue weighted by Gasteiger charge is 2.33. The molecule has 0 aromatic heterocycles. The van der Waals surface area contributed by atoms with Crippen LogP contribution in [0.3, 0.4) is 0 Å². The lowest BCUT2D eigenvalue weighted by Gasteiger charge is -2.16. The summed E-state index contributed by atoms with van der Waals surface area (Å²) in [5.41, 5.74) is 1.07. The van der Waals surface area contributed by atoms with Gasteiger partial charge < -0.3 is 20.2 Å². The molecule has 2 atom stereocenters. The van der Waals surface area contributed by atoms with Gasteiger partial charge in [0.2, 0.25) is 0 Å². The Bertz CT molecular complexity index is 436. The Hall–Kier alpha value is -1.59. The predicted molar refractivity (Wildman–Crippen MR) is 60.8 cm³/mol. The van der Waals surface area contributed by atoms with Gasteiger partial charge in [-0.2, -0.15) is 0 Å². The van der Waals surface area contributed by atoms with Crippen molar-refractivity contribution in [2.45, 2.75) is 19.1 Å². The number of rotatable bonds is 1. The Morgan fingerprint density at radius 2 is 1.88 bits per heavy atom. The fraction of sp³-hybridized carbons (Fsp3) is 0.417. The van der Waals surface area contributed by atoms with Gasteiger partial charge in [-0.15, -0.1) is 0 Å². The van der Waals surface area contributed by atoms with Crippen LogP contribution in [-0.4, -0.2) is 51.4 Å². The largest absolute Gasteiger partial charge is 0.507 e. The first-order valence-corrected chi connectivity index (χ1v) is 5.44. The number of benzene rings is 1. The third-order valence-corrected chi connectivity index (χ3v) is 2.93. The van der Waals surface area contributed by atoms with Crippen molar-refractivity contribution in [3.63, 3.8) is 0 Å². The Morgan fingerprint density at radius 3 is 2.47 bits per heavy atom. The molecule has 0 spiro atoms. The molecule has 1 aromatic carbocycles. The normalized spacial score (nSPS) is 24.1. The highest BCUT2D eigenvalue weighted by atomic mass is 16.3. The number of aliphatic hydroxyl groups excluding tert-OH is 2. The molecule has 1 saturated heterocycles. The van der Waals surface area contributed by atoms with Gasteiger partial charge in [0, 0.05) is 13.1 Å². The molecule has 2 rings (SSSR count). The van der Waals surface area contributed by atoms with Crippen molar-refractivity contribution in [3.05, 3.63) is 29.3 Å². The maximum Gasteiger partial charge on any atom is 0.257 e. The second-order valence-corrected chi connectivity index (χ2v) is 4.37. The lowest BCUT2D eigenvalue weighted by Crippen LogP contribution is -2.29. The van der Waals surface area contributed by atoms with Crippen molar-refractivity contribution in [2.75, 3.05) is 13.1 Å². The quantitative estimate of drug-likeness (QED) is 0.636. The maximum atomic E-state index is 12.1. The van der Waals surface area contributed by atoms with Crippen LogP contribution in [0.5, 0.6) is 5.75 Å². The number of hydrogen-bond donors (Lipinski definition) is 3. The molecular weight excluding hydrogens is 222 g/mol. The summed E-state index contributed by atoms with van der Waals surface area (Å²) in [6.45, 7) is 2.00. The van der Waals surface area contributed by atoms with Crippen LogP contribution >= 0.6 is 0 Å². The average Bonchev–Trinajstić information content (AvgIpc) is 2.62. The molecule has 1 amide bonds. The minimum atomic E-state index is -0.911. The first-order chi connectivity index (χ1) is 7.99. The molecule has 5 nitrogen and oxygen atoms in total. The van der Waals surface area contributed by atoms with E-state index in [2.05, 4.69) is 0 Å². The summed E-state index contributed by atoms with van der Waals surface area (Å²) >= 11 is 0. The third kappa shape index (κ3) is 2.25. The second kappa shape index (κ2) is 4.35. The summed E-state index contributed by atoms with van der Waals surface area (Å²) in [7, 11) is 0. The van der Waals surface area contributed by atoms with E-state index in [-0.39, 0.29) is 30.3 Å². The van der Waals surface area contributed by atoms with Gasteiger partial charge in [0.25, 0.3) is 5.91 Å². The standard InChI is InChI=1S/C12H15NO4/c1-7-2-3-9(14)8(4-7)12(17)13-5-10(15)11(16)6-13/h2-4,10-11,14-16H,5-6H2,1H3. The van der Waals surface area contributed by atoms with Crippen LogP contribution < -0.4 is 0 Å². The lowest BCUT2D eigenvalue weighted by atomic mass is 10.1. The second-order valence-electron chi connectivity index (χ2n) is 4.37. The number of phenols is 1. The van der Waals surface area contributed by atoms with Crippen molar-refractivity contribution >= 4 is 5.91 Å². The Labute approximate surface area is 98.9 Å². The number of amides is 1. The molecule has 3 N–H and O–H groups in total. The molecule has 1 aliphatic rings. The van der Waals surface area contributed by atoms with Gasteiger partial charge in [-0.05, 0) is 19.1 Å². The highest BCUT2D eigenvalue weighted by molar-refractivity contribution is 5.97. The smallest absolute Gasteiger partial charge is 0.257 e. The molecule has 1 aliphatic heterocycles. The van der Waals surface area contributed by atoms with E-state index in [0.717, 1.165) is 5.56 Å². The van der Waals surface area contributed by atoms with Crippen LogP contribution in [0.4, 0.5) is 0 Å². The summed E-state index contributed by atoms with van der Waals surface area (Å²) in [4.78, 5) is 13.4. The minimum absolute atomic E-state index is 0.0866. The molecule has 1 fully saturated rings. The number of hydrogen-bond acceptors (Lipinski definition) is 4. The highest BCUT2D eigenvalue weighted by Crippen LogP contribution is 2.22. The number of phenolic OH excluding ortho intramolecular Hbond substituents is 1. The van der Waals surface area contributed by atoms with E-state index in [1.54, 1.807) is 12.1 Å². The van der Waals surface area contributed by atoms with Crippen LogP contribution in [0.25, 0.3) is 0 Å². The number of likely N-dealkylation sites (tertiary alicyclic amines) is 1. The molecule has 92 valence electrons. The molecule has 1 aromatic rings. The molecule has 0 saturated carbocycles. The minimum Gasteiger partial charge on any atom is -0.507 e. The van der Waals surface area contributed by atoms with E-state index < -0.39 is 12.2 Å². The predicted octanol–water partition coefficient (Wildman–Crippen LogP) is -0.122. The van der Waals surface area contributed by atoms with Crippen molar-refractivity contribution in [3.8, 4) is 5.75 Å². The van der Waals surface area contributed by atoms with Crippen LogP contribution in [0, 0.1) is 6.92 Å². The van der Waals surface area contributed by atoms with Gasteiger partial charge in [-0.1, -0.05) is 11.6 Å². The topological polar surface area (TPSA) is 81.0 Å². The van der Waals surface area contributed by atoms with E-state index in [1.165, 1.54) is 11.0 Å². The van der Waals surface area contributed by atoms with Gasteiger partial charge in [0.15, 0.2) is 0 Å². The van der Waals surface area contributed by atoms with Crippen LogP contribution in [0.15, 0.2) is 18.2 Å². The van der Waals surface area contributed by atoms with E-state index in [9.17, 15) is 20.1 Å². The van der Waals surface area contributed by atoms with Crippen molar-refractivity contribution in [2.24, 2.45) is 0 Å². The van der Waals surface area contributed by atoms with Gasteiger partial charge in [-0.25, -0.2) is 0 Å². The number of aromatic hydroxyl groups is 1. The summed E-state index contributed by atoms with van der Waals surface area (Å²) in [6.07, 6.45) is -1.82. The van der Waals surface area contributed by atoms with Gasteiger partial charge >= 0.3 is 0 Å². The van der Waals surface area contributed by atoms with Crippen molar-refractivity contribution in [1.29, 1.82) is 0 Å². The number of aliphatic hydroxyl groups is 2. The molecular formula is C12H15NO4. The monoisotopic (exact) mass is 237 g/mol. The fourth-order valence-electron chi connectivity index (χ4n) is 1.93. The molecule has 0 bridgehead atoms. The van der Waals surface area contributed by atoms with Gasteiger partial charge in [0.1, 0.15) is 5.75 Å². The zero-order valence-corrected chi connectivity index (χ0v) is 9.50. The molecule has 1 heterocycles. The lowest BCUT2D eigenvalue weighted by molar-refractivity contribution is 0.0572. The number of aryl methyl sites for hydroxylation is 1. The Kier molecular flexibility index (Phi) is 3.04. The van der Waals surface area contributed by atoms with E-state index in [4.69, 9.17) is 0 Å². The molecule has 17 heavy (non-hydrogen) atoms. The van der Waals surface area contributed by atoms with Crippen LogP contribution in [-0.2, 0) is 0 Å². The Morgan fingerprint density at radius 1 is 1.29 bits per heavy atom. The zero-order valence-electron chi connectivity index (χ0n) is 9.50. The van der Waals surface area contributed by atoms with E-state index in [0.29, 0.717) is 0 Å². The summed E-state index contributed by atoms with van der Waals surface area (Å²) in [5.74, 6) is -0.460. The molecule has 5 heteroatoms. The summed E-state index contributed by atoms with van der Waals surface area (Å²) in [5, 5.41) is 28.4. The van der Waals surface area contributed by atoms with Gasteiger partial charge in [-0.3, -0.25) is 4.79 Å². The number of nitrogens with zero attached hydrogens (tertiary/aromatic N) is 1. The van der Waals surface area contributed by atoms with Crippen LogP contribution in [0.2, 0.25) is 0 Å².